The monoisotopic (exact) mass is 344 g/mol. The predicted molar refractivity (Wildman–Crippen MR) is 95.8 cm³/mol. The molecule has 6 heteroatoms. The van der Waals surface area contributed by atoms with Crippen LogP contribution < -0.4 is 20.5 Å². The molecule has 1 amide bonds. The third-order valence-corrected chi connectivity index (χ3v) is 3.82. The Kier molecular flexibility index (Phi) is 6.80. The van der Waals surface area contributed by atoms with Crippen molar-refractivity contribution < 1.29 is 19.0 Å². The lowest BCUT2D eigenvalue weighted by Crippen LogP contribution is -2.45. The van der Waals surface area contributed by atoms with Crippen molar-refractivity contribution in [1.29, 1.82) is 0 Å². The number of nitrogens with one attached hydrogen (secondary N) is 1. The van der Waals surface area contributed by atoms with Gasteiger partial charge in [-0.3, -0.25) is 4.79 Å². The average Bonchev–Trinajstić information content (AvgIpc) is 2.66. The molecule has 0 bridgehead atoms. The number of hydrogen-bond acceptors (Lipinski definition) is 5. The Balaban J connectivity index is 2.38. The van der Waals surface area contributed by atoms with Crippen molar-refractivity contribution in [2.24, 2.45) is 5.73 Å². The smallest absolute Gasteiger partial charge is 0.240 e. The van der Waals surface area contributed by atoms with Crippen molar-refractivity contribution in [3.05, 3.63) is 59.7 Å². The summed E-state index contributed by atoms with van der Waals surface area (Å²) in [7, 11) is 4.72. The lowest BCUT2D eigenvalue weighted by Gasteiger charge is -2.22. The second-order valence-corrected chi connectivity index (χ2v) is 5.56. The topological polar surface area (TPSA) is 82.8 Å². The summed E-state index contributed by atoms with van der Waals surface area (Å²) in [6.45, 7) is 0.148. The van der Waals surface area contributed by atoms with Gasteiger partial charge in [0, 0.05) is 7.11 Å². The van der Waals surface area contributed by atoms with Gasteiger partial charge in [0.1, 0.15) is 17.5 Å². The fraction of sp³-hybridized carbons (Fsp3) is 0.316. The second kappa shape index (κ2) is 9.05. The van der Waals surface area contributed by atoms with E-state index >= 15 is 0 Å². The van der Waals surface area contributed by atoms with Crippen LogP contribution in [0.2, 0.25) is 0 Å². The number of benzene rings is 2. The zero-order chi connectivity index (χ0) is 18.2. The zero-order valence-corrected chi connectivity index (χ0v) is 14.7. The van der Waals surface area contributed by atoms with Gasteiger partial charge in [-0.1, -0.05) is 24.3 Å². The molecule has 0 spiro atoms. The Labute approximate surface area is 147 Å². The molecule has 0 aliphatic rings. The minimum Gasteiger partial charge on any atom is -0.497 e. The highest BCUT2D eigenvalue weighted by atomic mass is 16.5. The fourth-order valence-corrected chi connectivity index (χ4v) is 2.51. The molecule has 2 rings (SSSR count). The van der Waals surface area contributed by atoms with Gasteiger partial charge in [0.15, 0.2) is 0 Å². The Morgan fingerprint density at radius 1 is 1.00 bits per heavy atom. The number of rotatable bonds is 8. The summed E-state index contributed by atoms with van der Waals surface area (Å²) >= 11 is 0. The van der Waals surface area contributed by atoms with Gasteiger partial charge >= 0.3 is 0 Å². The highest BCUT2D eigenvalue weighted by Gasteiger charge is 2.21. The van der Waals surface area contributed by atoms with Gasteiger partial charge in [-0.15, -0.1) is 0 Å². The van der Waals surface area contributed by atoms with Crippen molar-refractivity contribution in [2.45, 2.75) is 12.1 Å². The zero-order valence-electron chi connectivity index (χ0n) is 14.7. The van der Waals surface area contributed by atoms with Crippen molar-refractivity contribution in [3.8, 4) is 11.5 Å². The number of nitrogens with two attached hydrogens (primary N) is 1. The van der Waals surface area contributed by atoms with Gasteiger partial charge in [0.2, 0.25) is 5.91 Å². The maximum absolute atomic E-state index is 12.4. The normalized spacial score (nSPS) is 11.9. The molecular weight excluding hydrogens is 320 g/mol. The largest absolute Gasteiger partial charge is 0.497 e. The number of hydrogen-bond donors (Lipinski definition) is 2. The van der Waals surface area contributed by atoms with Crippen molar-refractivity contribution in [2.75, 3.05) is 27.9 Å². The van der Waals surface area contributed by atoms with Gasteiger partial charge in [-0.25, -0.2) is 0 Å². The standard InChI is InChI=1S/C19H24N2O4/c1-23-12-17(20)19(22)21-18(13-6-4-8-15(10-13)24-2)14-7-5-9-16(11-14)25-3/h4-11,17-18H,12,20H2,1-3H3,(H,21,22). The van der Waals surface area contributed by atoms with E-state index in [2.05, 4.69) is 5.32 Å². The molecule has 1 atom stereocenters. The number of ether oxygens (including phenoxy) is 3. The van der Waals surface area contributed by atoms with Crippen LogP contribution in [0.4, 0.5) is 0 Å². The second-order valence-electron chi connectivity index (χ2n) is 5.56. The van der Waals surface area contributed by atoms with Gasteiger partial charge in [-0.2, -0.15) is 0 Å². The van der Waals surface area contributed by atoms with E-state index in [9.17, 15) is 4.79 Å². The molecule has 0 saturated heterocycles. The molecule has 0 aliphatic carbocycles. The lowest BCUT2D eigenvalue weighted by molar-refractivity contribution is -0.123. The first-order chi connectivity index (χ1) is 12.1. The van der Waals surface area contributed by atoms with E-state index in [1.54, 1.807) is 14.2 Å². The molecule has 0 aliphatic heterocycles. The highest BCUT2D eigenvalue weighted by molar-refractivity contribution is 5.82. The van der Waals surface area contributed by atoms with Crippen molar-refractivity contribution in [3.63, 3.8) is 0 Å². The number of carbonyl (C=O) groups is 1. The van der Waals surface area contributed by atoms with Crippen LogP contribution >= 0.6 is 0 Å². The summed E-state index contributed by atoms with van der Waals surface area (Å²) in [6, 6.07) is 13.9. The van der Waals surface area contributed by atoms with Gasteiger partial charge in [-0.05, 0) is 35.4 Å². The van der Waals surface area contributed by atoms with Crippen molar-refractivity contribution in [1.82, 2.24) is 5.32 Å². The third-order valence-electron chi connectivity index (χ3n) is 3.82. The summed E-state index contributed by atoms with van der Waals surface area (Å²) in [5, 5.41) is 2.98. The Morgan fingerprint density at radius 3 is 1.96 bits per heavy atom. The number of amides is 1. The van der Waals surface area contributed by atoms with E-state index in [-0.39, 0.29) is 18.6 Å². The Morgan fingerprint density at radius 2 is 1.52 bits per heavy atom. The molecule has 0 saturated carbocycles. The van der Waals surface area contributed by atoms with E-state index in [1.165, 1.54) is 7.11 Å². The van der Waals surface area contributed by atoms with E-state index in [0.717, 1.165) is 11.1 Å². The lowest BCUT2D eigenvalue weighted by atomic mass is 9.97. The van der Waals surface area contributed by atoms with Crippen LogP contribution in [0.25, 0.3) is 0 Å². The molecule has 1 unspecified atom stereocenters. The molecule has 6 nitrogen and oxygen atoms in total. The van der Waals surface area contributed by atoms with E-state index in [0.29, 0.717) is 11.5 Å². The first kappa shape index (κ1) is 18.8. The van der Waals surface area contributed by atoms with Crippen LogP contribution in [0, 0.1) is 0 Å². The Hall–Kier alpha value is -2.57. The van der Waals surface area contributed by atoms with Crippen LogP contribution in [0.5, 0.6) is 11.5 Å². The quantitative estimate of drug-likeness (QED) is 0.764. The third kappa shape index (κ3) is 4.95. The van der Waals surface area contributed by atoms with Crippen LogP contribution in [0.1, 0.15) is 17.2 Å². The van der Waals surface area contributed by atoms with Crippen LogP contribution in [-0.2, 0) is 9.53 Å². The molecule has 2 aromatic rings. The van der Waals surface area contributed by atoms with Crippen molar-refractivity contribution >= 4 is 5.91 Å². The molecule has 134 valence electrons. The average molecular weight is 344 g/mol. The molecule has 0 fully saturated rings. The molecule has 0 radical (unpaired) electrons. The molecular formula is C19H24N2O4. The molecule has 25 heavy (non-hydrogen) atoms. The first-order valence-corrected chi connectivity index (χ1v) is 7.91. The molecule has 3 N–H and O–H groups in total. The van der Waals surface area contributed by atoms with Gasteiger partial charge < -0.3 is 25.3 Å². The van der Waals surface area contributed by atoms with Crippen LogP contribution in [0.3, 0.4) is 0 Å². The number of carbonyl (C=O) groups excluding carboxylic acids is 1. The maximum atomic E-state index is 12.4. The van der Waals surface area contributed by atoms with Crippen LogP contribution in [-0.4, -0.2) is 39.9 Å². The summed E-state index contributed by atoms with van der Waals surface area (Å²) in [4.78, 5) is 12.4. The van der Waals surface area contributed by atoms with Gasteiger partial charge in [0.05, 0.1) is 26.9 Å². The van der Waals surface area contributed by atoms with E-state index in [1.807, 2.05) is 48.5 Å². The predicted octanol–water partition coefficient (Wildman–Crippen LogP) is 1.88. The van der Waals surface area contributed by atoms with Gasteiger partial charge in [0.25, 0.3) is 0 Å². The highest BCUT2D eigenvalue weighted by Crippen LogP contribution is 2.27. The first-order valence-electron chi connectivity index (χ1n) is 7.91. The molecule has 0 heterocycles. The fourth-order valence-electron chi connectivity index (χ4n) is 2.51. The van der Waals surface area contributed by atoms with Crippen LogP contribution in [0.15, 0.2) is 48.5 Å². The SMILES string of the molecule is COCC(N)C(=O)NC(c1cccc(OC)c1)c1cccc(OC)c1. The summed E-state index contributed by atoms with van der Waals surface area (Å²) in [5.74, 6) is 1.12. The summed E-state index contributed by atoms with van der Waals surface area (Å²) < 4.78 is 15.6. The summed E-state index contributed by atoms with van der Waals surface area (Å²) in [6.07, 6.45) is 0. The van der Waals surface area contributed by atoms with E-state index < -0.39 is 6.04 Å². The molecule has 0 aromatic heterocycles. The Bertz CT molecular complexity index is 658. The summed E-state index contributed by atoms with van der Waals surface area (Å²) in [5.41, 5.74) is 7.62. The molecule has 2 aromatic carbocycles. The van der Waals surface area contributed by atoms with E-state index in [4.69, 9.17) is 19.9 Å². The number of methoxy groups -OCH3 is 3. The minimum absolute atomic E-state index is 0.148. The minimum atomic E-state index is -0.747. The maximum Gasteiger partial charge on any atom is 0.240 e.